The maximum Gasteiger partial charge on any atom is 0.138 e. The van der Waals surface area contributed by atoms with Crippen molar-refractivity contribution in [3.05, 3.63) is 29.7 Å². The fourth-order valence-electron chi connectivity index (χ4n) is 1.77. The molecule has 0 saturated heterocycles. The number of nitrogens with zero attached hydrogens (tertiary/aromatic N) is 3. The van der Waals surface area contributed by atoms with Crippen molar-refractivity contribution in [3.63, 3.8) is 0 Å². The summed E-state index contributed by atoms with van der Waals surface area (Å²) in [5.74, 6) is 0. The molecule has 5 nitrogen and oxygen atoms in total. The molecule has 2 aromatic heterocycles. The van der Waals surface area contributed by atoms with E-state index in [2.05, 4.69) is 29.2 Å². The second-order valence-corrected chi connectivity index (χ2v) is 4.90. The Labute approximate surface area is 117 Å². The fraction of sp³-hybridized carbons (Fsp3) is 0.385. The van der Waals surface area contributed by atoms with Crippen LogP contribution in [0.3, 0.4) is 0 Å². The molecule has 0 aromatic carbocycles. The largest absolute Gasteiger partial charge is 0.382 e. The Hall–Kier alpha value is -1.59. The highest BCUT2D eigenvalue weighted by Gasteiger charge is 2.10. The van der Waals surface area contributed by atoms with Gasteiger partial charge in [-0.15, -0.1) is 0 Å². The first-order chi connectivity index (χ1) is 9.10. The summed E-state index contributed by atoms with van der Waals surface area (Å²) in [5, 5.41) is 8.25. The van der Waals surface area contributed by atoms with Gasteiger partial charge in [-0.1, -0.05) is 11.6 Å². The van der Waals surface area contributed by atoms with E-state index in [1.165, 1.54) is 0 Å². The third-order valence-electron chi connectivity index (χ3n) is 2.49. The van der Waals surface area contributed by atoms with Crippen molar-refractivity contribution in [2.75, 3.05) is 12.4 Å². The van der Waals surface area contributed by atoms with Crippen molar-refractivity contribution in [1.29, 1.82) is 0 Å². The second-order valence-electron chi connectivity index (χ2n) is 4.51. The quantitative estimate of drug-likeness (QED) is 0.856. The summed E-state index contributed by atoms with van der Waals surface area (Å²) in [6.45, 7) is 4.57. The van der Waals surface area contributed by atoms with Gasteiger partial charge in [-0.25, -0.2) is 9.67 Å². The molecule has 0 spiro atoms. The number of aromatic nitrogens is 3. The zero-order valence-corrected chi connectivity index (χ0v) is 12.0. The van der Waals surface area contributed by atoms with E-state index < -0.39 is 0 Å². The Balaban J connectivity index is 2.36. The Morgan fingerprint density at radius 2 is 2.26 bits per heavy atom. The van der Waals surface area contributed by atoms with E-state index in [9.17, 15) is 0 Å². The number of halogens is 1. The van der Waals surface area contributed by atoms with Gasteiger partial charge >= 0.3 is 0 Å². The van der Waals surface area contributed by atoms with Gasteiger partial charge in [-0.2, -0.15) is 5.10 Å². The second kappa shape index (κ2) is 6.04. The summed E-state index contributed by atoms with van der Waals surface area (Å²) in [5.41, 5.74) is 2.69. The Kier molecular flexibility index (Phi) is 4.39. The zero-order chi connectivity index (χ0) is 13.8. The smallest absolute Gasteiger partial charge is 0.138 e. The minimum absolute atomic E-state index is 0.304. The molecule has 0 radical (unpaired) electrons. The van der Waals surface area contributed by atoms with Gasteiger partial charge in [0, 0.05) is 36.8 Å². The van der Waals surface area contributed by atoms with Crippen LogP contribution in [0, 0.1) is 0 Å². The molecule has 0 saturated carbocycles. The normalized spacial score (nSPS) is 11.0. The molecule has 0 atom stereocenters. The fourth-order valence-corrected chi connectivity index (χ4v) is 1.93. The number of hydrogen-bond donors (Lipinski definition) is 1. The van der Waals surface area contributed by atoms with Crippen LogP contribution in [0.2, 0.25) is 5.15 Å². The molecule has 2 heterocycles. The minimum atomic E-state index is 0.304. The van der Waals surface area contributed by atoms with Crippen LogP contribution < -0.4 is 5.32 Å². The summed E-state index contributed by atoms with van der Waals surface area (Å²) in [7, 11) is 1.64. The van der Waals surface area contributed by atoms with Crippen LogP contribution in [0.25, 0.3) is 11.3 Å². The first-order valence-corrected chi connectivity index (χ1v) is 6.43. The highest BCUT2D eigenvalue weighted by atomic mass is 35.5. The van der Waals surface area contributed by atoms with E-state index in [0.29, 0.717) is 17.9 Å². The lowest BCUT2D eigenvalue weighted by atomic mass is 10.1. The van der Waals surface area contributed by atoms with E-state index in [4.69, 9.17) is 16.3 Å². The predicted molar refractivity (Wildman–Crippen MR) is 76.2 cm³/mol. The monoisotopic (exact) mass is 280 g/mol. The van der Waals surface area contributed by atoms with Gasteiger partial charge in [0.05, 0.1) is 5.69 Å². The number of anilines is 1. The van der Waals surface area contributed by atoms with Crippen molar-refractivity contribution in [2.24, 2.45) is 0 Å². The van der Waals surface area contributed by atoms with Crippen molar-refractivity contribution in [3.8, 4) is 11.3 Å². The molecule has 1 N–H and O–H groups in total. The molecule has 0 aliphatic carbocycles. The minimum Gasteiger partial charge on any atom is -0.382 e. The third-order valence-corrected chi connectivity index (χ3v) is 2.70. The van der Waals surface area contributed by atoms with Crippen LogP contribution in [0.5, 0.6) is 0 Å². The number of hydrogen-bond acceptors (Lipinski definition) is 4. The molecule has 2 rings (SSSR count). The summed E-state index contributed by atoms with van der Waals surface area (Å²) in [6.07, 6.45) is 3.60. The van der Waals surface area contributed by atoms with Crippen molar-refractivity contribution >= 4 is 17.3 Å². The summed E-state index contributed by atoms with van der Waals surface area (Å²) < 4.78 is 6.76. The Morgan fingerprint density at radius 3 is 2.95 bits per heavy atom. The van der Waals surface area contributed by atoms with Gasteiger partial charge in [-0.3, -0.25) is 0 Å². The van der Waals surface area contributed by atoms with Gasteiger partial charge < -0.3 is 10.1 Å². The van der Waals surface area contributed by atoms with Crippen LogP contribution in [-0.4, -0.2) is 27.9 Å². The number of pyridine rings is 1. The van der Waals surface area contributed by atoms with E-state index in [-0.39, 0.29) is 0 Å². The molecule has 19 heavy (non-hydrogen) atoms. The number of ether oxygens (including phenoxy) is 1. The van der Waals surface area contributed by atoms with E-state index in [1.807, 2.05) is 18.3 Å². The van der Waals surface area contributed by atoms with E-state index in [0.717, 1.165) is 16.9 Å². The molecule has 0 aliphatic rings. The lowest BCUT2D eigenvalue weighted by molar-refractivity contribution is 0.121. The number of methoxy groups -OCH3 is 1. The van der Waals surface area contributed by atoms with Crippen LogP contribution in [0.15, 0.2) is 24.5 Å². The van der Waals surface area contributed by atoms with Crippen LogP contribution >= 0.6 is 11.6 Å². The lowest BCUT2D eigenvalue weighted by Gasteiger charge is -2.13. The predicted octanol–water partition coefficient (Wildman–Crippen LogP) is 3.02. The van der Waals surface area contributed by atoms with Gasteiger partial charge in [0.15, 0.2) is 0 Å². The molecule has 102 valence electrons. The molecule has 6 heteroatoms. The highest BCUT2D eigenvalue weighted by molar-refractivity contribution is 6.29. The standard InChI is InChI=1S/C13H17ClN4O/c1-9(2)16-12-6-13(14)15-7-10(12)11-4-5-18(17-11)8-19-3/h4-7,9H,8H2,1-3H3,(H,15,16). The molecular weight excluding hydrogens is 264 g/mol. The van der Waals surface area contributed by atoms with E-state index >= 15 is 0 Å². The molecular formula is C13H17ClN4O. The van der Waals surface area contributed by atoms with Crippen LogP contribution in [0.1, 0.15) is 13.8 Å². The van der Waals surface area contributed by atoms with Crippen molar-refractivity contribution in [1.82, 2.24) is 14.8 Å². The van der Waals surface area contributed by atoms with E-state index in [1.54, 1.807) is 18.0 Å². The molecule has 0 bridgehead atoms. The van der Waals surface area contributed by atoms with Gasteiger partial charge in [0.25, 0.3) is 0 Å². The van der Waals surface area contributed by atoms with Crippen LogP contribution in [-0.2, 0) is 11.5 Å². The maximum absolute atomic E-state index is 5.95. The molecule has 0 fully saturated rings. The van der Waals surface area contributed by atoms with Gasteiger partial charge in [0.2, 0.25) is 0 Å². The Morgan fingerprint density at radius 1 is 1.47 bits per heavy atom. The maximum atomic E-state index is 5.95. The average Bonchev–Trinajstić information content (AvgIpc) is 2.77. The van der Waals surface area contributed by atoms with Crippen LogP contribution in [0.4, 0.5) is 5.69 Å². The summed E-state index contributed by atoms with van der Waals surface area (Å²) in [6, 6.07) is 4.04. The first-order valence-electron chi connectivity index (χ1n) is 6.05. The number of rotatable bonds is 5. The first kappa shape index (κ1) is 13.8. The topological polar surface area (TPSA) is 52.0 Å². The molecule has 0 unspecified atom stereocenters. The number of nitrogens with one attached hydrogen (secondary N) is 1. The molecule has 0 amide bonds. The van der Waals surface area contributed by atoms with Gasteiger partial charge in [0.1, 0.15) is 11.9 Å². The molecule has 0 aliphatic heterocycles. The van der Waals surface area contributed by atoms with Crippen molar-refractivity contribution in [2.45, 2.75) is 26.6 Å². The Bertz CT molecular complexity index is 553. The summed E-state index contributed by atoms with van der Waals surface area (Å²) in [4.78, 5) is 4.12. The molecule has 2 aromatic rings. The third kappa shape index (κ3) is 3.45. The highest BCUT2D eigenvalue weighted by Crippen LogP contribution is 2.28. The zero-order valence-electron chi connectivity index (χ0n) is 11.2. The lowest BCUT2D eigenvalue weighted by Crippen LogP contribution is -2.11. The van der Waals surface area contributed by atoms with Crippen molar-refractivity contribution < 1.29 is 4.74 Å². The van der Waals surface area contributed by atoms with Gasteiger partial charge in [-0.05, 0) is 26.0 Å². The average molecular weight is 281 g/mol. The SMILES string of the molecule is COCn1ccc(-c2cnc(Cl)cc2NC(C)C)n1. The summed E-state index contributed by atoms with van der Waals surface area (Å²) >= 11 is 5.95.